The van der Waals surface area contributed by atoms with Crippen LogP contribution in [-0.4, -0.2) is 38.4 Å². The fourth-order valence-corrected chi connectivity index (χ4v) is 2.15. The summed E-state index contributed by atoms with van der Waals surface area (Å²) in [6.07, 6.45) is 10.4. The molecule has 0 fully saturated rings. The molecule has 0 radical (unpaired) electrons. The van der Waals surface area contributed by atoms with E-state index < -0.39 is 0 Å². The summed E-state index contributed by atoms with van der Waals surface area (Å²) in [6, 6.07) is 0. The molecule has 0 spiro atoms. The number of carbonyl (C=O) groups is 2. The number of esters is 2. The van der Waals surface area contributed by atoms with Gasteiger partial charge in [-0.1, -0.05) is 26.0 Å². The zero-order valence-electron chi connectivity index (χ0n) is 15.9. The standard InChI is InChI=1S/C20H34O6/c1-3-23-15-9-11-17-25-19(21)13-7-5-6-8-14-20(22)26-18-12-10-16-24-4-2/h3-4H,1-2,5-18H2. The van der Waals surface area contributed by atoms with Crippen molar-refractivity contribution >= 4 is 11.9 Å². The molecule has 0 aromatic carbocycles. The summed E-state index contributed by atoms with van der Waals surface area (Å²) in [5, 5.41) is 0. The molecule has 0 saturated heterocycles. The van der Waals surface area contributed by atoms with E-state index in [4.69, 9.17) is 18.9 Å². The number of unbranched alkanes of at least 4 members (excludes halogenated alkanes) is 5. The van der Waals surface area contributed by atoms with Crippen LogP contribution in [0.15, 0.2) is 25.7 Å². The second kappa shape index (κ2) is 19.3. The smallest absolute Gasteiger partial charge is 0.305 e. The quantitative estimate of drug-likeness (QED) is 0.192. The van der Waals surface area contributed by atoms with Crippen molar-refractivity contribution in [2.24, 2.45) is 0 Å². The van der Waals surface area contributed by atoms with Crippen LogP contribution in [0.5, 0.6) is 0 Å². The maximum absolute atomic E-state index is 11.5. The molecule has 0 N–H and O–H groups in total. The number of ether oxygens (including phenoxy) is 4. The Hall–Kier alpha value is -1.98. The highest BCUT2D eigenvalue weighted by Crippen LogP contribution is 2.07. The first-order valence-electron chi connectivity index (χ1n) is 9.47. The van der Waals surface area contributed by atoms with Crippen molar-refractivity contribution in [3.05, 3.63) is 25.7 Å². The molecule has 0 atom stereocenters. The average molecular weight is 370 g/mol. The largest absolute Gasteiger partial charge is 0.502 e. The van der Waals surface area contributed by atoms with E-state index in [0.29, 0.717) is 39.3 Å². The first kappa shape index (κ1) is 24.0. The highest BCUT2D eigenvalue weighted by Gasteiger charge is 2.05. The van der Waals surface area contributed by atoms with Gasteiger partial charge in [-0.2, -0.15) is 0 Å². The fraction of sp³-hybridized carbons (Fsp3) is 0.700. The number of rotatable bonds is 19. The normalized spacial score (nSPS) is 10.0. The lowest BCUT2D eigenvalue weighted by atomic mass is 10.1. The zero-order chi connectivity index (χ0) is 19.3. The van der Waals surface area contributed by atoms with Gasteiger partial charge >= 0.3 is 11.9 Å². The second-order valence-corrected chi connectivity index (χ2v) is 5.84. The Labute approximate surface area is 157 Å². The molecule has 0 aromatic heterocycles. The zero-order valence-corrected chi connectivity index (χ0v) is 15.9. The Morgan fingerprint density at radius 3 is 1.35 bits per heavy atom. The first-order valence-corrected chi connectivity index (χ1v) is 9.47. The molecule has 0 saturated carbocycles. The molecule has 26 heavy (non-hydrogen) atoms. The molecule has 0 aliphatic rings. The van der Waals surface area contributed by atoms with Crippen molar-refractivity contribution in [2.45, 2.75) is 64.2 Å². The van der Waals surface area contributed by atoms with Crippen LogP contribution in [0.2, 0.25) is 0 Å². The van der Waals surface area contributed by atoms with Gasteiger partial charge in [0.1, 0.15) is 0 Å². The minimum Gasteiger partial charge on any atom is -0.502 e. The molecule has 0 rings (SSSR count). The highest BCUT2D eigenvalue weighted by molar-refractivity contribution is 5.69. The van der Waals surface area contributed by atoms with E-state index in [1.165, 1.54) is 12.5 Å². The van der Waals surface area contributed by atoms with Crippen molar-refractivity contribution in [2.75, 3.05) is 26.4 Å². The molecular weight excluding hydrogens is 336 g/mol. The summed E-state index contributed by atoms with van der Waals surface area (Å²) in [6.45, 7) is 8.99. The van der Waals surface area contributed by atoms with Gasteiger partial charge in [-0.3, -0.25) is 9.59 Å². The third kappa shape index (κ3) is 18.4. The fourth-order valence-electron chi connectivity index (χ4n) is 2.15. The first-order chi connectivity index (χ1) is 12.7. The summed E-state index contributed by atoms with van der Waals surface area (Å²) in [5.41, 5.74) is 0. The van der Waals surface area contributed by atoms with E-state index in [0.717, 1.165) is 51.4 Å². The highest BCUT2D eigenvalue weighted by atomic mass is 16.5. The Kier molecular flexibility index (Phi) is 17.9. The van der Waals surface area contributed by atoms with E-state index in [2.05, 4.69) is 13.2 Å². The molecular formula is C20H34O6. The molecule has 6 nitrogen and oxygen atoms in total. The molecule has 6 heteroatoms. The molecule has 0 heterocycles. The Bertz CT molecular complexity index is 344. The van der Waals surface area contributed by atoms with Gasteiger partial charge in [0.25, 0.3) is 0 Å². The van der Waals surface area contributed by atoms with E-state index in [-0.39, 0.29) is 11.9 Å². The van der Waals surface area contributed by atoms with Crippen molar-refractivity contribution < 1.29 is 28.5 Å². The lowest BCUT2D eigenvalue weighted by Gasteiger charge is -2.06. The third-order valence-electron chi connectivity index (χ3n) is 3.59. The van der Waals surface area contributed by atoms with Crippen LogP contribution in [0.4, 0.5) is 0 Å². The minimum absolute atomic E-state index is 0.158. The van der Waals surface area contributed by atoms with Crippen LogP contribution < -0.4 is 0 Å². The molecule has 0 unspecified atom stereocenters. The number of carbonyl (C=O) groups excluding carboxylic acids is 2. The predicted octanol–water partition coefficient (Wildman–Crippen LogP) is 4.29. The van der Waals surface area contributed by atoms with Gasteiger partial charge in [-0.25, -0.2) is 0 Å². The van der Waals surface area contributed by atoms with Gasteiger partial charge < -0.3 is 18.9 Å². The van der Waals surface area contributed by atoms with Crippen LogP contribution in [0.25, 0.3) is 0 Å². The lowest BCUT2D eigenvalue weighted by Crippen LogP contribution is -2.07. The van der Waals surface area contributed by atoms with Gasteiger partial charge in [0.15, 0.2) is 0 Å². The van der Waals surface area contributed by atoms with Crippen molar-refractivity contribution in [1.82, 2.24) is 0 Å². The van der Waals surface area contributed by atoms with E-state index in [9.17, 15) is 9.59 Å². The van der Waals surface area contributed by atoms with E-state index in [1.54, 1.807) is 0 Å². The van der Waals surface area contributed by atoms with Crippen molar-refractivity contribution in [3.8, 4) is 0 Å². The number of hydrogen-bond donors (Lipinski definition) is 0. The maximum Gasteiger partial charge on any atom is 0.305 e. The van der Waals surface area contributed by atoms with Gasteiger partial charge in [-0.15, -0.1) is 0 Å². The Morgan fingerprint density at radius 1 is 0.577 bits per heavy atom. The molecule has 0 aromatic rings. The van der Waals surface area contributed by atoms with Crippen LogP contribution >= 0.6 is 0 Å². The summed E-state index contributed by atoms with van der Waals surface area (Å²) in [7, 11) is 0. The molecule has 0 bridgehead atoms. The Balaban J connectivity index is 3.30. The van der Waals surface area contributed by atoms with Crippen molar-refractivity contribution in [1.29, 1.82) is 0 Å². The van der Waals surface area contributed by atoms with E-state index >= 15 is 0 Å². The van der Waals surface area contributed by atoms with Gasteiger partial charge in [-0.05, 0) is 38.5 Å². The van der Waals surface area contributed by atoms with Crippen molar-refractivity contribution in [3.63, 3.8) is 0 Å². The van der Waals surface area contributed by atoms with Crippen LogP contribution in [0.3, 0.4) is 0 Å². The van der Waals surface area contributed by atoms with Crippen LogP contribution in [0.1, 0.15) is 64.2 Å². The predicted molar refractivity (Wildman–Crippen MR) is 100 cm³/mol. The van der Waals surface area contributed by atoms with E-state index in [1.807, 2.05) is 0 Å². The molecule has 0 aliphatic heterocycles. The molecule has 150 valence electrons. The lowest BCUT2D eigenvalue weighted by molar-refractivity contribution is -0.145. The Morgan fingerprint density at radius 2 is 0.962 bits per heavy atom. The summed E-state index contributed by atoms with van der Waals surface area (Å²) in [4.78, 5) is 23.1. The third-order valence-corrected chi connectivity index (χ3v) is 3.59. The van der Waals surface area contributed by atoms with Gasteiger partial charge in [0, 0.05) is 12.8 Å². The second-order valence-electron chi connectivity index (χ2n) is 5.84. The summed E-state index contributed by atoms with van der Waals surface area (Å²) >= 11 is 0. The average Bonchev–Trinajstić information content (AvgIpc) is 2.63. The van der Waals surface area contributed by atoms with Gasteiger partial charge in [0.2, 0.25) is 0 Å². The summed E-state index contributed by atoms with van der Waals surface area (Å²) in [5.74, 6) is -0.316. The maximum atomic E-state index is 11.5. The SMILES string of the molecule is C=COCCCCOC(=O)CCCCCCC(=O)OCCCCOC=C. The molecule has 0 amide bonds. The van der Waals surface area contributed by atoms with Crippen LogP contribution in [0, 0.1) is 0 Å². The molecule has 0 aliphatic carbocycles. The minimum atomic E-state index is -0.158. The van der Waals surface area contributed by atoms with Gasteiger partial charge in [0.05, 0.1) is 39.0 Å². The number of hydrogen-bond acceptors (Lipinski definition) is 6. The topological polar surface area (TPSA) is 71.1 Å². The monoisotopic (exact) mass is 370 g/mol. The summed E-state index contributed by atoms with van der Waals surface area (Å²) < 4.78 is 20.2. The van der Waals surface area contributed by atoms with Crippen LogP contribution in [-0.2, 0) is 28.5 Å².